The van der Waals surface area contributed by atoms with Crippen molar-refractivity contribution in [1.29, 1.82) is 0 Å². The van der Waals surface area contributed by atoms with Crippen LogP contribution in [0.3, 0.4) is 0 Å². The summed E-state index contributed by atoms with van der Waals surface area (Å²) in [4.78, 5) is 13.3. The van der Waals surface area contributed by atoms with Crippen molar-refractivity contribution in [3.05, 3.63) is 42.7 Å². The van der Waals surface area contributed by atoms with Gasteiger partial charge in [0.05, 0.1) is 23.5 Å². The molecule has 130 valence electrons. The quantitative estimate of drug-likeness (QED) is 0.585. The number of nitrogens with one attached hydrogen (secondary N) is 1. The normalized spacial score (nSPS) is 20.0. The van der Waals surface area contributed by atoms with Crippen LogP contribution < -0.4 is 5.32 Å². The molecule has 0 aliphatic heterocycles. The fourth-order valence-electron chi connectivity index (χ4n) is 3.44. The Morgan fingerprint density at radius 2 is 2.08 bits per heavy atom. The molecular weight excluding hydrogens is 330 g/mol. The van der Waals surface area contributed by atoms with Crippen molar-refractivity contribution in [2.24, 2.45) is 0 Å². The summed E-state index contributed by atoms with van der Waals surface area (Å²) in [6.07, 6.45) is 5.65. The first kappa shape index (κ1) is 15.2. The predicted molar refractivity (Wildman–Crippen MR) is 97.0 cm³/mol. The molecule has 3 heterocycles. The van der Waals surface area contributed by atoms with Gasteiger partial charge in [-0.05, 0) is 43.5 Å². The first-order valence-corrected chi connectivity index (χ1v) is 8.64. The van der Waals surface area contributed by atoms with E-state index in [1.165, 1.54) is 0 Å². The lowest BCUT2D eigenvalue weighted by molar-refractivity contribution is 0.182. The maximum Gasteiger partial charge on any atom is 0.225 e. The molecule has 1 aromatic carbocycles. The summed E-state index contributed by atoms with van der Waals surface area (Å²) >= 11 is 0. The van der Waals surface area contributed by atoms with Crippen LogP contribution in [0.2, 0.25) is 0 Å². The number of hydrogen-bond acceptors (Lipinski definition) is 7. The van der Waals surface area contributed by atoms with Gasteiger partial charge in [-0.15, -0.1) is 5.10 Å². The van der Waals surface area contributed by atoms with E-state index in [0.717, 1.165) is 35.9 Å². The van der Waals surface area contributed by atoms with Gasteiger partial charge >= 0.3 is 0 Å². The summed E-state index contributed by atoms with van der Waals surface area (Å²) in [7, 11) is 0. The van der Waals surface area contributed by atoms with Gasteiger partial charge in [0.1, 0.15) is 0 Å². The van der Waals surface area contributed by atoms with E-state index in [2.05, 4.69) is 30.6 Å². The molecule has 26 heavy (non-hydrogen) atoms. The summed E-state index contributed by atoms with van der Waals surface area (Å²) in [5.74, 6) is 0.530. The number of benzene rings is 1. The van der Waals surface area contributed by atoms with E-state index in [1.807, 2.05) is 30.3 Å². The van der Waals surface area contributed by atoms with Crippen molar-refractivity contribution in [2.45, 2.75) is 31.4 Å². The lowest BCUT2D eigenvalue weighted by Crippen LogP contribution is -2.18. The fraction of sp³-hybridized carbons (Fsp3) is 0.278. The monoisotopic (exact) mass is 347 g/mol. The van der Waals surface area contributed by atoms with Gasteiger partial charge in [0.15, 0.2) is 11.2 Å². The van der Waals surface area contributed by atoms with Crippen LogP contribution in [0.4, 0.5) is 5.95 Å². The molecule has 8 heteroatoms. The van der Waals surface area contributed by atoms with Crippen LogP contribution in [0.1, 0.15) is 19.3 Å². The highest BCUT2D eigenvalue weighted by Crippen LogP contribution is 2.23. The van der Waals surface area contributed by atoms with Gasteiger partial charge in [-0.25, -0.2) is 4.98 Å². The first-order chi connectivity index (χ1) is 12.8. The lowest BCUT2D eigenvalue weighted by atomic mass is 10.2. The average molecular weight is 347 g/mol. The third kappa shape index (κ3) is 2.64. The molecule has 2 N–H and O–H groups in total. The number of anilines is 1. The Bertz CT molecular complexity index is 1090. The molecule has 0 spiro atoms. The highest BCUT2D eigenvalue weighted by Gasteiger charge is 2.23. The highest BCUT2D eigenvalue weighted by molar-refractivity contribution is 5.81. The lowest BCUT2D eigenvalue weighted by Gasteiger charge is -2.11. The second-order valence-electron chi connectivity index (χ2n) is 6.59. The molecule has 8 nitrogen and oxygen atoms in total. The Balaban J connectivity index is 1.53. The van der Waals surface area contributed by atoms with Crippen molar-refractivity contribution < 1.29 is 5.11 Å². The average Bonchev–Trinajstić information content (AvgIpc) is 3.27. The predicted octanol–water partition coefficient (Wildman–Crippen LogP) is 2.08. The van der Waals surface area contributed by atoms with Crippen LogP contribution in [0.15, 0.2) is 42.7 Å². The number of rotatable bonds is 3. The second kappa shape index (κ2) is 5.99. The molecule has 0 bridgehead atoms. The van der Waals surface area contributed by atoms with Crippen molar-refractivity contribution >= 4 is 28.0 Å². The van der Waals surface area contributed by atoms with E-state index in [9.17, 15) is 5.11 Å². The molecule has 0 amide bonds. The van der Waals surface area contributed by atoms with Crippen LogP contribution in [-0.4, -0.2) is 47.2 Å². The summed E-state index contributed by atoms with van der Waals surface area (Å²) < 4.78 is 1.71. The Labute approximate surface area is 148 Å². The minimum absolute atomic E-state index is 0.193. The van der Waals surface area contributed by atoms with E-state index >= 15 is 0 Å². The van der Waals surface area contributed by atoms with Gasteiger partial charge in [0.2, 0.25) is 5.95 Å². The first-order valence-electron chi connectivity index (χ1n) is 8.64. The van der Waals surface area contributed by atoms with Gasteiger partial charge in [0, 0.05) is 17.6 Å². The smallest absolute Gasteiger partial charge is 0.225 e. The minimum atomic E-state index is -0.241. The molecule has 1 aliphatic carbocycles. The third-order valence-corrected chi connectivity index (χ3v) is 4.76. The van der Waals surface area contributed by atoms with Crippen LogP contribution in [-0.2, 0) is 0 Å². The van der Waals surface area contributed by atoms with Gasteiger partial charge in [-0.1, -0.05) is 11.3 Å². The van der Waals surface area contributed by atoms with Crippen LogP contribution in [0, 0.1) is 0 Å². The van der Waals surface area contributed by atoms with Gasteiger partial charge in [-0.3, -0.25) is 4.98 Å². The Hall–Kier alpha value is -3.13. The van der Waals surface area contributed by atoms with Crippen LogP contribution >= 0.6 is 0 Å². The summed E-state index contributed by atoms with van der Waals surface area (Å²) in [6.45, 7) is 0. The zero-order valence-electron chi connectivity index (χ0n) is 13.9. The topological polar surface area (TPSA) is 102 Å². The maximum atomic E-state index is 9.69. The molecule has 0 saturated heterocycles. The van der Waals surface area contributed by atoms with Crippen molar-refractivity contribution in [3.8, 4) is 5.69 Å². The molecule has 1 aliphatic rings. The summed E-state index contributed by atoms with van der Waals surface area (Å²) in [5, 5.41) is 22.4. The molecule has 4 aromatic rings. The number of aliphatic hydroxyl groups excluding tert-OH is 1. The van der Waals surface area contributed by atoms with Gasteiger partial charge in [0.25, 0.3) is 0 Å². The molecule has 1 fully saturated rings. The van der Waals surface area contributed by atoms with E-state index in [1.54, 1.807) is 17.1 Å². The van der Waals surface area contributed by atoms with Gasteiger partial charge in [-0.2, -0.15) is 9.67 Å². The molecule has 2 atom stereocenters. The molecule has 5 rings (SSSR count). The third-order valence-electron chi connectivity index (χ3n) is 4.76. The zero-order valence-corrected chi connectivity index (χ0v) is 13.9. The summed E-state index contributed by atoms with van der Waals surface area (Å²) in [5.41, 5.74) is 3.07. The van der Waals surface area contributed by atoms with Crippen LogP contribution in [0.25, 0.3) is 27.8 Å². The van der Waals surface area contributed by atoms with E-state index < -0.39 is 0 Å². The van der Waals surface area contributed by atoms with Crippen LogP contribution in [0.5, 0.6) is 0 Å². The minimum Gasteiger partial charge on any atom is -0.393 e. The molecule has 3 aromatic heterocycles. The highest BCUT2D eigenvalue weighted by atomic mass is 16.3. The standard InChI is InChI=1S/C18H17N7O/c26-14-5-3-12(9-14)21-18-20-10-16-17(22-18)25(24-23-16)13-4-6-15-11(8-13)2-1-7-19-15/h1-2,4,6-8,10,12,14,26H,3,5,9H2,(H,20,21,22)/t12-,14-/m0/s1. The van der Waals surface area contributed by atoms with E-state index in [4.69, 9.17) is 0 Å². The second-order valence-corrected chi connectivity index (χ2v) is 6.59. The number of hydrogen-bond donors (Lipinski definition) is 2. The Morgan fingerprint density at radius 1 is 1.12 bits per heavy atom. The number of fused-ring (bicyclic) bond motifs is 2. The maximum absolute atomic E-state index is 9.69. The number of pyridine rings is 1. The van der Waals surface area contributed by atoms with Crippen molar-refractivity contribution in [1.82, 2.24) is 29.9 Å². The Kier molecular flexibility index (Phi) is 3.49. The van der Waals surface area contributed by atoms with Crippen molar-refractivity contribution in [2.75, 3.05) is 5.32 Å². The number of nitrogens with zero attached hydrogens (tertiary/aromatic N) is 6. The molecule has 0 radical (unpaired) electrons. The van der Waals surface area contributed by atoms with E-state index in [-0.39, 0.29) is 12.1 Å². The van der Waals surface area contributed by atoms with Crippen molar-refractivity contribution in [3.63, 3.8) is 0 Å². The summed E-state index contributed by atoms with van der Waals surface area (Å²) in [6, 6.07) is 10.0. The molecule has 0 unspecified atom stereocenters. The fourth-order valence-corrected chi connectivity index (χ4v) is 3.44. The number of aromatic nitrogens is 6. The molecular formula is C18H17N7O. The van der Waals surface area contributed by atoms with E-state index in [0.29, 0.717) is 17.1 Å². The SMILES string of the molecule is O[C@H]1CC[C@H](Nc2ncc3nnn(-c4ccc5ncccc5c4)c3n2)C1. The largest absolute Gasteiger partial charge is 0.393 e. The number of aliphatic hydroxyl groups is 1. The molecule has 1 saturated carbocycles. The zero-order chi connectivity index (χ0) is 17.5. The Morgan fingerprint density at radius 3 is 2.96 bits per heavy atom. The van der Waals surface area contributed by atoms with Gasteiger partial charge < -0.3 is 10.4 Å².